The van der Waals surface area contributed by atoms with Crippen LogP contribution < -0.4 is 0 Å². The minimum atomic E-state index is -6.99. The second kappa shape index (κ2) is 7.41. The van der Waals surface area contributed by atoms with Crippen molar-refractivity contribution >= 4 is 0 Å². The molecule has 0 aliphatic carbocycles. The molecule has 1 nitrogen and oxygen atoms in total. The fraction of sp³-hybridized carbons (Fsp3) is 0.600. The van der Waals surface area contributed by atoms with E-state index in [4.69, 9.17) is 0 Å². The lowest BCUT2D eigenvalue weighted by atomic mass is 9.88. The molecule has 0 saturated heterocycles. The number of hydrogen-bond acceptors (Lipinski definition) is 0. The third-order valence-electron chi connectivity index (χ3n) is 3.97. The van der Waals surface area contributed by atoms with Crippen molar-refractivity contribution in [2.75, 3.05) is 0 Å². The van der Waals surface area contributed by atoms with Crippen molar-refractivity contribution in [3.8, 4) is 0 Å². The Bertz CT molecular complexity index is 762. The summed E-state index contributed by atoms with van der Waals surface area (Å²) in [7, 11) is 0. The van der Waals surface area contributed by atoms with E-state index in [1.807, 2.05) is 0 Å². The van der Waals surface area contributed by atoms with Gasteiger partial charge in [0, 0.05) is 11.1 Å². The molecule has 0 saturated carbocycles. The van der Waals surface area contributed by atoms with E-state index in [0.717, 1.165) is 6.92 Å². The lowest BCUT2D eigenvalue weighted by Crippen LogP contribution is -2.51. The minimum Gasteiger partial charge on any atom is -0.228 e. The van der Waals surface area contributed by atoms with E-state index in [0.29, 0.717) is 0 Å². The van der Waals surface area contributed by atoms with Crippen molar-refractivity contribution in [1.82, 2.24) is 0 Å². The summed E-state index contributed by atoms with van der Waals surface area (Å²) in [5.74, 6) is -26.7. The summed E-state index contributed by atoms with van der Waals surface area (Å²) in [6, 6.07) is -1.65. The third kappa shape index (κ3) is 3.91. The van der Waals surface area contributed by atoms with E-state index < -0.39 is 71.3 Å². The van der Waals surface area contributed by atoms with Crippen LogP contribution in [0.3, 0.4) is 0 Å². The molecule has 0 heterocycles. The van der Waals surface area contributed by atoms with Crippen LogP contribution in [0.5, 0.6) is 0 Å². The Labute approximate surface area is 158 Å². The van der Waals surface area contributed by atoms with Gasteiger partial charge in [0.25, 0.3) is 0 Å². The van der Waals surface area contributed by atoms with Crippen molar-refractivity contribution in [3.63, 3.8) is 0 Å². The largest absolute Gasteiger partial charge is 0.460 e. The highest BCUT2D eigenvalue weighted by Crippen LogP contribution is 2.56. The molecule has 0 aliphatic heterocycles. The lowest BCUT2D eigenvalue weighted by molar-refractivity contribution is -0.361. The first-order valence-electron chi connectivity index (χ1n) is 7.52. The molecule has 0 aromatic heterocycles. The summed E-state index contributed by atoms with van der Waals surface area (Å²) in [5.41, 5.74) is -7.01. The Kier molecular flexibility index (Phi) is 6.48. The van der Waals surface area contributed by atoms with Crippen molar-refractivity contribution in [3.05, 3.63) is 34.9 Å². The normalized spacial score (nSPS) is 16.0. The summed E-state index contributed by atoms with van der Waals surface area (Å²) < 4.78 is 182. The predicted octanol–water partition coefficient (Wildman–Crippen LogP) is 7.15. The van der Waals surface area contributed by atoms with E-state index >= 15 is 0 Å². The molecule has 1 atom stereocenters. The van der Waals surface area contributed by atoms with Crippen LogP contribution in [0.1, 0.15) is 36.1 Å². The number of halogens is 14. The van der Waals surface area contributed by atoms with Gasteiger partial charge in [0.2, 0.25) is 0 Å². The van der Waals surface area contributed by atoms with Gasteiger partial charge < -0.3 is 0 Å². The monoisotopic (exact) mass is 471 g/mol. The number of alkyl halides is 14. The zero-order chi connectivity index (χ0) is 24.1. The van der Waals surface area contributed by atoms with E-state index in [2.05, 4.69) is 0 Å². The van der Waals surface area contributed by atoms with Crippen LogP contribution in [-0.2, 0) is 17.0 Å². The van der Waals surface area contributed by atoms with Crippen molar-refractivity contribution in [2.24, 2.45) is 0 Å². The van der Waals surface area contributed by atoms with E-state index in [1.165, 1.54) is 0 Å². The molecule has 0 fully saturated rings. The second-order valence-electron chi connectivity index (χ2n) is 5.99. The van der Waals surface area contributed by atoms with Gasteiger partial charge in [0.1, 0.15) is 6.10 Å². The highest BCUT2D eigenvalue weighted by molar-refractivity contribution is 5.40. The summed E-state index contributed by atoms with van der Waals surface area (Å²) in [4.78, 5) is 0. The molecule has 0 N–H and O–H groups in total. The van der Waals surface area contributed by atoms with Gasteiger partial charge in [-0.15, -0.1) is 0 Å². The van der Waals surface area contributed by atoms with Crippen LogP contribution in [0.4, 0.5) is 61.5 Å². The van der Waals surface area contributed by atoms with Crippen molar-refractivity contribution in [2.45, 2.75) is 55.5 Å². The molecule has 0 aliphatic rings. The van der Waals surface area contributed by atoms with Crippen LogP contribution in [0.25, 0.3) is 0 Å². The van der Waals surface area contributed by atoms with Gasteiger partial charge >= 0.3 is 36.0 Å². The lowest BCUT2D eigenvalue weighted by Gasteiger charge is -2.32. The molecule has 0 bridgehead atoms. The van der Waals surface area contributed by atoms with Gasteiger partial charge in [-0.3, -0.25) is 0 Å². The quantitative estimate of drug-likeness (QED) is 0.393. The van der Waals surface area contributed by atoms with Crippen LogP contribution in [-0.4, -0.2) is 24.2 Å². The first kappa shape index (κ1) is 26.2. The van der Waals surface area contributed by atoms with Gasteiger partial charge in [-0.2, -0.15) is 61.5 Å². The molecule has 1 unspecified atom stereocenters. The van der Waals surface area contributed by atoms with Crippen LogP contribution >= 0.6 is 0 Å². The zero-order valence-electron chi connectivity index (χ0n) is 14.2. The maximum absolute atomic E-state index is 14.0. The Morgan fingerprint density at radius 2 is 1.10 bits per heavy atom. The molecular formula is C15H9F14O. The van der Waals surface area contributed by atoms with Gasteiger partial charge in [0.15, 0.2) is 0 Å². The third-order valence-corrected chi connectivity index (χ3v) is 3.97. The molecule has 1 aromatic carbocycles. The fourth-order valence-corrected chi connectivity index (χ4v) is 2.23. The fourth-order valence-electron chi connectivity index (χ4n) is 2.23. The minimum absolute atomic E-state index is 0.216. The van der Waals surface area contributed by atoms with Gasteiger partial charge in [-0.05, 0) is 18.1 Å². The topological polar surface area (TPSA) is 19.9 Å². The maximum Gasteiger partial charge on any atom is 0.460 e. The molecule has 0 amide bonds. The summed E-state index contributed by atoms with van der Waals surface area (Å²) in [6.45, 7) is 0.932. The van der Waals surface area contributed by atoms with Gasteiger partial charge in [-0.25, -0.2) is 5.11 Å². The summed E-state index contributed by atoms with van der Waals surface area (Å²) in [6.07, 6.45) is -17.2. The Balaban J connectivity index is 3.87. The molecule has 1 radical (unpaired) electrons. The van der Waals surface area contributed by atoms with Crippen molar-refractivity contribution < 1.29 is 66.6 Å². The molecule has 15 heteroatoms. The van der Waals surface area contributed by atoms with E-state index in [9.17, 15) is 66.6 Å². The molecule has 173 valence electrons. The van der Waals surface area contributed by atoms with Crippen LogP contribution in [0, 0.1) is 0 Å². The molecule has 0 spiro atoms. The average molecular weight is 471 g/mol. The molecule has 30 heavy (non-hydrogen) atoms. The number of benzene rings is 1. The molecule has 1 aromatic rings. The smallest absolute Gasteiger partial charge is 0.228 e. The average Bonchev–Trinajstić information content (AvgIpc) is 2.58. The SMILES string of the molecule is CCC([O])c1ccc(C(F)(F)C(F)(F)C(F)(F)F)cc1C(F)(F)C(F)(F)C(F)(F)F. The van der Waals surface area contributed by atoms with Crippen molar-refractivity contribution in [1.29, 1.82) is 0 Å². The van der Waals surface area contributed by atoms with E-state index in [1.54, 1.807) is 0 Å². The first-order valence-corrected chi connectivity index (χ1v) is 7.52. The first-order chi connectivity index (χ1) is 13.1. The predicted molar refractivity (Wildman–Crippen MR) is 70.0 cm³/mol. The number of rotatable bonds is 6. The standard InChI is InChI=1S/C15H9F14O/c1-2-9(30)7-4-3-6(10(16,17)12(20,21)14(24,25)26)5-8(7)11(18,19)13(22,23)15(27,28)29/h3-5,9H,2H2,1H3. The zero-order valence-corrected chi connectivity index (χ0v) is 14.2. The Morgan fingerprint density at radius 3 is 1.47 bits per heavy atom. The Hall–Kier alpha value is -1.80. The maximum atomic E-state index is 14.0. The molecular weight excluding hydrogens is 462 g/mol. The summed E-state index contributed by atoms with van der Waals surface area (Å²) in [5, 5.41) is 11.7. The van der Waals surface area contributed by atoms with Gasteiger partial charge in [0.05, 0.1) is 0 Å². The second-order valence-corrected chi connectivity index (χ2v) is 5.99. The van der Waals surface area contributed by atoms with Gasteiger partial charge in [-0.1, -0.05) is 19.1 Å². The summed E-state index contributed by atoms with van der Waals surface area (Å²) >= 11 is 0. The highest BCUT2D eigenvalue weighted by atomic mass is 19.4. The Morgan fingerprint density at radius 1 is 0.700 bits per heavy atom. The highest BCUT2D eigenvalue weighted by Gasteiger charge is 2.75. The molecule has 1 rings (SSSR count). The van der Waals surface area contributed by atoms with E-state index in [-0.39, 0.29) is 12.1 Å². The van der Waals surface area contributed by atoms with Crippen LogP contribution in [0.15, 0.2) is 18.2 Å². The van der Waals surface area contributed by atoms with Crippen LogP contribution in [0.2, 0.25) is 0 Å². The number of hydrogen-bond donors (Lipinski definition) is 0.